The van der Waals surface area contributed by atoms with Gasteiger partial charge in [0.2, 0.25) is 5.91 Å². The fourth-order valence-electron chi connectivity index (χ4n) is 11.6. The van der Waals surface area contributed by atoms with Gasteiger partial charge in [0.15, 0.2) is 18.9 Å². The van der Waals surface area contributed by atoms with Crippen LogP contribution in [0.15, 0.2) is 97.2 Å². The van der Waals surface area contributed by atoms with Crippen molar-refractivity contribution in [3.05, 3.63) is 97.2 Å². The van der Waals surface area contributed by atoms with E-state index in [0.717, 1.165) is 83.5 Å². The van der Waals surface area contributed by atoms with Crippen LogP contribution < -0.4 is 5.32 Å². The maximum atomic E-state index is 13.4. The van der Waals surface area contributed by atoms with Crippen LogP contribution in [0.2, 0.25) is 0 Å². The van der Waals surface area contributed by atoms with Crippen molar-refractivity contribution in [2.24, 2.45) is 0 Å². The first-order chi connectivity index (χ1) is 45.3. The summed E-state index contributed by atoms with van der Waals surface area (Å²) in [6.07, 6.45) is 44.8. The van der Waals surface area contributed by atoms with Crippen molar-refractivity contribution in [1.82, 2.24) is 5.32 Å². The van der Waals surface area contributed by atoms with Gasteiger partial charge >= 0.3 is 0 Å². The molecule has 0 aromatic carbocycles. The maximum absolute atomic E-state index is 13.4. The van der Waals surface area contributed by atoms with Gasteiger partial charge in [0.25, 0.3) is 0 Å². The molecule has 536 valence electrons. The Balaban J connectivity index is 1.44. The standard InChI is InChI=1S/C74H127NO18/c1-3-5-7-9-11-13-15-17-19-21-23-25-26-27-28-29-30-32-34-36-38-40-42-44-46-48-50-52-62(80)75-57(58(79)51-49-47-45-43-41-39-37-35-33-31-24-22-20-18-16-14-12-10-8-6-4-2)56-88-72-68(86)65(83)70(60(54-77)90-72)93-74-69(87)66(84)71(61(55-78)91-74)92-73-67(85)64(82)63(81)59(53-76)89-73/h5,7,11,13,17,19,23,25,27-28,30,32,36,38,42,44,57-61,63-74,76-79,81-87H,3-4,6,8-10,12,14-16,18,20-22,24,26,29,31,33-35,37,39-41,43,45-56H2,1-2H3,(H,75,80)/b7-5-,13-11-,19-17-,25-23-,28-27-,32-30-,38-36-,44-42-. The average Bonchev–Trinajstić information content (AvgIpc) is 0.902. The summed E-state index contributed by atoms with van der Waals surface area (Å²) in [4.78, 5) is 13.4. The molecule has 19 nitrogen and oxygen atoms in total. The lowest BCUT2D eigenvalue weighted by atomic mass is 9.96. The van der Waals surface area contributed by atoms with Gasteiger partial charge in [-0.15, -0.1) is 0 Å². The Morgan fingerprint density at radius 2 is 0.742 bits per heavy atom. The third-order valence-electron chi connectivity index (χ3n) is 17.4. The highest BCUT2D eigenvalue weighted by atomic mass is 16.8. The second kappa shape index (κ2) is 54.7. The number of allylic oxidation sites excluding steroid dienone is 16. The molecule has 3 heterocycles. The molecule has 0 aliphatic carbocycles. The maximum Gasteiger partial charge on any atom is 0.220 e. The molecule has 0 aromatic heterocycles. The van der Waals surface area contributed by atoms with Crippen LogP contribution in [-0.4, -0.2) is 193 Å². The van der Waals surface area contributed by atoms with Crippen molar-refractivity contribution < 1.29 is 89.4 Å². The molecule has 0 radical (unpaired) electrons. The average molecular weight is 1320 g/mol. The van der Waals surface area contributed by atoms with Crippen LogP contribution in [0.3, 0.4) is 0 Å². The molecule has 3 aliphatic rings. The highest BCUT2D eigenvalue weighted by molar-refractivity contribution is 5.76. The summed E-state index contributed by atoms with van der Waals surface area (Å²) in [5.41, 5.74) is 0. The number of carbonyl (C=O) groups excluding carboxylic acids is 1. The smallest absolute Gasteiger partial charge is 0.220 e. The van der Waals surface area contributed by atoms with Crippen LogP contribution in [0.5, 0.6) is 0 Å². The van der Waals surface area contributed by atoms with Gasteiger partial charge < -0.3 is 89.9 Å². The van der Waals surface area contributed by atoms with Gasteiger partial charge in [0, 0.05) is 6.42 Å². The van der Waals surface area contributed by atoms with E-state index in [-0.39, 0.29) is 18.9 Å². The second-order valence-electron chi connectivity index (χ2n) is 25.3. The number of hydrogen-bond acceptors (Lipinski definition) is 18. The molecule has 0 aromatic rings. The lowest BCUT2D eigenvalue weighted by Crippen LogP contribution is -2.66. The Bertz CT molecular complexity index is 2060. The van der Waals surface area contributed by atoms with E-state index in [4.69, 9.17) is 28.4 Å². The van der Waals surface area contributed by atoms with Gasteiger partial charge in [-0.3, -0.25) is 4.79 Å². The molecule has 3 saturated heterocycles. The Labute approximate surface area is 558 Å². The number of unbranched alkanes of at least 4 members (excludes halogenated alkanes) is 22. The number of carbonyl (C=O) groups is 1. The van der Waals surface area contributed by atoms with E-state index in [9.17, 15) is 61.0 Å². The monoisotopic (exact) mass is 1320 g/mol. The van der Waals surface area contributed by atoms with Crippen LogP contribution >= 0.6 is 0 Å². The number of aliphatic hydroxyl groups excluding tert-OH is 11. The fourth-order valence-corrected chi connectivity index (χ4v) is 11.6. The summed E-state index contributed by atoms with van der Waals surface area (Å²) in [6.45, 7) is 1.66. The van der Waals surface area contributed by atoms with Crippen molar-refractivity contribution in [3.63, 3.8) is 0 Å². The van der Waals surface area contributed by atoms with Gasteiger partial charge in [0.1, 0.15) is 73.2 Å². The SMILES string of the molecule is CC/C=C\C/C=C\C/C=C\C/C=C\C/C=C\C/C=C\C/C=C\C/C=C\CCCCC(=O)NC(COC1OC(CO)C(OC2OC(CO)C(OC3OC(CO)C(O)C(O)C3O)C(O)C2O)C(O)C1O)C(O)CCCCCCCCCCCCCCCCCCCCCCC. The highest BCUT2D eigenvalue weighted by Gasteiger charge is 2.53. The Kier molecular flexibility index (Phi) is 49.4. The third-order valence-corrected chi connectivity index (χ3v) is 17.4. The first kappa shape index (κ1) is 83.9. The number of hydrogen-bond donors (Lipinski definition) is 12. The van der Waals surface area contributed by atoms with E-state index < -0.39 is 124 Å². The molecule has 0 saturated carbocycles. The van der Waals surface area contributed by atoms with Crippen molar-refractivity contribution in [2.45, 2.75) is 336 Å². The molecule has 19 heteroatoms. The molecule has 17 atom stereocenters. The zero-order valence-electron chi connectivity index (χ0n) is 56.7. The fraction of sp³-hybridized carbons (Fsp3) is 0.770. The topological polar surface area (TPSA) is 307 Å². The Hall–Kier alpha value is -3.29. The summed E-state index contributed by atoms with van der Waals surface area (Å²) in [6, 6.07) is -0.919. The van der Waals surface area contributed by atoms with Gasteiger partial charge in [-0.1, -0.05) is 246 Å². The quantitative estimate of drug-likeness (QED) is 0.0199. The summed E-state index contributed by atoms with van der Waals surface area (Å²) in [7, 11) is 0. The Morgan fingerprint density at radius 3 is 1.14 bits per heavy atom. The van der Waals surface area contributed by atoms with Crippen LogP contribution in [-0.2, 0) is 33.2 Å². The minimum atomic E-state index is -1.98. The molecule has 3 aliphatic heterocycles. The summed E-state index contributed by atoms with van der Waals surface area (Å²) in [5, 5.41) is 121. The lowest BCUT2D eigenvalue weighted by Gasteiger charge is -2.48. The summed E-state index contributed by atoms with van der Waals surface area (Å²) >= 11 is 0. The van der Waals surface area contributed by atoms with Gasteiger partial charge in [-0.05, 0) is 77.0 Å². The normalized spacial score (nSPS) is 28.1. The number of rotatable bonds is 54. The summed E-state index contributed by atoms with van der Waals surface area (Å²) in [5.74, 6) is -0.287. The molecule has 17 unspecified atom stereocenters. The van der Waals surface area contributed by atoms with E-state index in [1.54, 1.807) is 0 Å². The van der Waals surface area contributed by atoms with Crippen molar-refractivity contribution in [3.8, 4) is 0 Å². The van der Waals surface area contributed by atoms with E-state index in [1.807, 2.05) is 0 Å². The van der Waals surface area contributed by atoms with E-state index in [1.165, 1.54) is 109 Å². The van der Waals surface area contributed by atoms with Crippen LogP contribution in [0.25, 0.3) is 0 Å². The van der Waals surface area contributed by atoms with Gasteiger partial charge in [-0.25, -0.2) is 0 Å². The predicted octanol–water partition coefficient (Wildman–Crippen LogP) is 10.0. The third kappa shape index (κ3) is 36.2. The number of aliphatic hydroxyl groups is 11. The van der Waals surface area contributed by atoms with Crippen LogP contribution in [0, 0.1) is 0 Å². The zero-order chi connectivity index (χ0) is 67.5. The zero-order valence-corrected chi connectivity index (χ0v) is 56.7. The number of ether oxygens (including phenoxy) is 6. The van der Waals surface area contributed by atoms with Crippen LogP contribution in [0.1, 0.15) is 232 Å². The van der Waals surface area contributed by atoms with Crippen molar-refractivity contribution in [1.29, 1.82) is 0 Å². The molecule has 93 heavy (non-hydrogen) atoms. The molecule has 0 spiro atoms. The first-order valence-electron chi connectivity index (χ1n) is 36.0. The minimum absolute atomic E-state index is 0.205. The molecule has 3 fully saturated rings. The van der Waals surface area contributed by atoms with E-state index in [2.05, 4.69) is 116 Å². The lowest BCUT2D eigenvalue weighted by molar-refractivity contribution is -0.379. The second-order valence-corrected chi connectivity index (χ2v) is 25.3. The molecule has 3 rings (SSSR count). The molecule has 0 bridgehead atoms. The van der Waals surface area contributed by atoms with Crippen molar-refractivity contribution >= 4 is 5.91 Å². The minimum Gasteiger partial charge on any atom is -0.394 e. The first-order valence-corrected chi connectivity index (χ1v) is 36.0. The van der Waals surface area contributed by atoms with Gasteiger partial charge in [0.05, 0.1) is 38.6 Å². The highest BCUT2D eigenvalue weighted by Crippen LogP contribution is 2.33. The summed E-state index contributed by atoms with van der Waals surface area (Å²) < 4.78 is 34.4. The largest absolute Gasteiger partial charge is 0.394 e. The molecular weight excluding hydrogens is 1190 g/mol. The predicted molar refractivity (Wildman–Crippen MR) is 364 cm³/mol. The molecular formula is C74H127NO18. The molecule has 12 N–H and O–H groups in total. The van der Waals surface area contributed by atoms with Gasteiger partial charge in [-0.2, -0.15) is 0 Å². The number of nitrogens with one attached hydrogen (secondary N) is 1. The van der Waals surface area contributed by atoms with E-state index >= 15 is 0 Å². The number of amides is 1. The van der Waals surface area contributed by atoms with Crippen molar-refractivity contribution in [2.75, 3.05) is 26.4 Å². The van der Waals surface area contributed by atoms with E-state index in [0.29, 0.717) is 19.3 Å². The molecule has 1 amide bonds. The van der Waals surface area contributed by atoms with Crippen LogP contribution in [0.4, 0.5) is 0 Å². The Morgan fingerprint density at radius 1 is 0.398 bits per heavy atom.